The molecule has 1 aromatic heterocycles. The van der Waals surface area contributed by atoms with Gasteiger partial charge in [-0.05, 0) is 63.5 Å². The largest absolute Gasteiger partial charge is 0.490 e. The summed E-state index contributed by atoms with van der Waals surface area (Å²) in [6, 6.07) is 13.5. The molecular formula is C27H31N5O3. The number of ether oxygens (including phenoxy) is 1. The lowest BCUT2D eigenvalue weighted by Crippen LogP contribution is -2.26. The molecule has 0 spiro atoms. The van der Waals surface area contributed by atoms with Gasteiger partial charge in [-0.1, -0.05) is 42.4 Å². The molecule has 0 unspecified atom stereocenters. The van der Waals surface area contributed by atoms with Crippen molar-refractivity contribution in [2.24, 2.45) is 5.16 Å². The molecule has 0 radical (unpaired) electrons. The highest BCUT2D eigenvalue weighted by Gasteiger charge is 2.24. The van der Waals surface area contributed by atoms with Crippen LogP contribution in [-0.2, 0) is 11.3 Å². The van der Waals surface area contributed by atoms with Gasteiger partial charge in [0.25, 0.3) is 5.89 Å². The fraction of sp³-hybridized carbons (Fsp3) is 0.407. The van der Waals surface area contributed by atoms with Gasteiger partial charge in [-0.25, -0.2) is 0 Å². The molecule has 3 aromatic rings. The smallest absolute Gasteiger partial charge is 0.258 e. The first kappa shape index (κ1) is 24.4. The van der Waals surface area contributed by atoms with E-state index in [-0.39, 0.29) is 6.10 Å². The number of benzene rings is 2. The molecule has 0 bridgehead atoms. The summed E-state index contributed by atoms with van der Waals surface area (Å²) >= 11 is 0. The normalized spacial score (nSPS) is 13.9. The first-order valence-electron chi connectivity index (χ1n) is 12.1. The number of rotatable bonds is 10. The topological polar surface area (TPSA) is 96.8 Å². The summed E-state index contributed by atoms with van der Waals surface area (Å²) in [5, 5.41) is 18.2. The summed E-state index contributed by atoms with van der Waals surface area (Å²) in [6.45, 7) is 11.6. The number of nitrogens with zero attached hydrogens (tertiary/aromatic N) is 5. The molecule has 0 saturated carbocycles. The Balaban J connectivity index is 1.53. The monoisotopic (exact) mass is 473 g/mol. The number of fused-ring (bicyclic) bond motifs is 1. The third-order valence-corrected chi connectivity index (χ3v) is 6.04. The van der Waals surface area contributed by atoms with E-state index in [0.717, 1.165) is 54.9 Å². The average molecular weight is 474 g/mol. The number of hydrogen-bond donors (Lipinski definition) is 0. The molecule has 0 amide bonds. The first-order chi connectivity index (χ1) is 17.0. The van der Waals surface area contributed by atoms with Crippen molar-refractivity contribution in [1.82, 2.24) is 15.0 Å². The molecule has 8 heteroatoms. The third-order valence-electron chi connectivity index (χ3n) is 6.04. The summed E-state index contributed by atoms with van der Waals surface area (Å²) in [5.74, 6) is 1.41. The molecule has 8 nitrogen and oxygen atoms in total. The zero-order valence-electron chi connectivity index (χ0n) is 20.7. The van der Waals surface area contributed by atoms with Crippen molar-refractivity contribution in [3.8, 4) is 34.7 Å². The molecule has 1 aliphatic carbocycles. The molecule has 0 fully saturated rings. The molecule has 182 valence electrons. The Bertz CT molecular complexity index is 1240. The van der Waals surface area contributed by atoms with Crippen molar-refractivity contribution in [3.05, 3.63) is 53.1 Å². The summed E-state index contributed by atoms with van der Waals surface area (Å²) in [4.78, 5) is 12.6. The van der Waals surface area contributed by atoms with Gasteiger partial charge in [0, 0.05) is 23.2 Å². The van der Waals surface area contributed by atoms with Gasteiger partial charge in [0.1, 0.15) is 18.4 Å². The van der Waals surface area contributed by atoms with Crippen LogP contribution in [-0.4, -0.2) is 53.1 Å². The number of nitriles is 1. The number of aromatic nitrogens is 2. The Morgan fingerprint density at radius 2 is 1.94 bits per heavy atom. The molecule has 0 aliphatic heterocycles. The van der Waals surface area contributed by atoms with Crippen LogP contribution in [0.5, 0.6) is 5.75 Å². The lowest BCUT2D eigenvalue weighted by molar-refractivity contribution is 0.114. The van der Waals surface area contributed by atoms with E-state index in [2.05, 4.69) is 46.2 Å². The summed E-state index contributed by atoms with van der Waals surface area (Å²) in [7, 11) is 0. The SMILES string of the molecule is CCN(CC)CCON=C1CCc2c1cccc2-c1noc(-c2ccc(OC(C)C)c(C#N)c2)n1. The summed E-state index contributed by atoms with van der Waals surface area (Å²) < 4.78 is 11.3. The summed E-state index contributed by atoms with van der Waals surface area (Å²) in [6.07, 6.45) is 1.63. The molecule has 0 saturated heterocycles. The van der Waals surface area contributed by atoms with E-state index in [1.54, 1.807) is 12.1 Å². The van der Waals surface area contributed by atoms with Crippen LogP contribution in [0.4, 0.5) is 0 Å². The second kappa shape index (κ2) is 11.2. The van der Waals surface area contributed by atoms with Crippen molar-refractivity contribution >= 4 is 5.71 Å². The molecule has 0 atom stereocenters. The highest BCUT2D eigenvalue weighted by atomic mass is 16.6. The third kappa shape index (κ3) is 5.52. The number of hydrogen-bond acceptors (Lipinski definition) is 8. The Morgan fingerprint density at radius 3 is 2.69 bits per heavy atom. The molecule has 4 rings (SSSR count). The Morgan fingerprint density at radius 1 is 1.14 bits per heavy atom. The molecule has 2 aromatic carbocycles. The van der Waals surface area contributed by atoms with Crippen LogP contribution in [0.15, 0.2) is 46.1 Å². The lowest BCUT2D eigenvalue weighted by atomic mass is 10.0. The van der Waals surface area contributed by atoms with E-state index in [1.165, 1.54) is 0 Å². The Labute approximate surface area is 206 Å². The average Bonchev–Trinajstić information content (AvgIpc) is 3.52. The van der Waals surface area contributed by atoms with Crippen LogP contribution in [0.3, 0.4) is 0 Å². The van der Waals surface area contributed by atoms with Gasteiger partial charge in [-0.2, -0.15) is 10.2 Å². The van der Waals surface area contributed by atoms with Crippen LogP contribution >= 0.6 is 0 Å². The highest BCUT2D eigenvalue weighted by molar-refractivity contribution is 6.05. The first-order valence-corrected chi connectivity index (χ1v) is 12.1. The predicted octanol–water partition coefficient (Wildman–Crippen LogP) is 5.07. The van der Waals surface area contributed by atoms with Gasteiger partial charge in [-0.15, -0.1) is 0 Å². The maximum atomic E-state index is 9.53. The minimum absolute atomic E-state index is 0.0238. The van der Waals surface area contributed by atoms with E-state index in [4.69, 9.17) is 14.1 Å². The fourth-order valence-corrected chi connectivity index (χ4v) is 4.20. The minimum atomic E-state index is -0.0238. The fourth-order valence-electron chi connectivity index (χ4n) is 4.20. The Hall–Kier alpha value is -3.70. The maximum Gasteiger partial charge on any atom is 0.258 e. The Kier molecular flexibility index (Phi) is 7.78. The zero-order chi connectivity index (χ0) is 24.8. The van der Waals surface area contributed by atoms with Crippen molar-refractivity contribution < 1.29 is 14.1 Å². The molecule has 1 aliphatic rings. The number of likely N-dealkylation sites (N-methyl/N-ethyl adjacent to an activating group) is 1. The van der Waals surface area contributed by atoms with Crippen LogP contribution in [0.25, 0.3) is 22.8 Å². The van der Waals surface area contributed by atoms with E-state index >= 15 is 0 Å². The molecule has 35 heavy (non-hydrogen) atoms. The van der Waals surface area contributed by atoms with Gasteiger partial charge in [-0.3, -0.25) is 0 Å². The number of oxime groups is 1. The second-order valence-electron chi connectivity index (χ2n) is 8.64. The lowest BCUT2D eigenvalue weighted by Gasteiger charge is -2.16. The highest BCUT2D eigenvalue weighted by Crippen LogP contribution is 2.33. The molecular weight excluding hydrogens is 442 g/mol. The van der Waals surface area contributed by atoms with Crippen LogP contribution in [0, 0.1) is 11.3 Å². The van der Waals surface area contributed by atoms with Crippen molar-refractivity contribution in [2.45, 2.75) is 46.6 Å². The molecule has 0 N–H and O–H groups in total. The van der Waals surface area contributed by atoms with Crippen LogP contribution < -0.4 is 4.74 Å². The predicted molar refractivity (Wildman–Crippen MR) is 134 cm³/mol. The second-order valence-corrected chi connectivity index (χ2v) is 8.64. The van der Waals surface area contributed by atoms with Gasteiger partial charge in [0.15, 0.2) is 0 Å². The van der Waals surface area contributed by atoms with Crippen molar-refractivity contribution in [1.29, 1.82) is 5.26 Å². The zero-order valence-corrected chi connectivity index (χ0v) is 20.7. The van der Waals surface area contributed by atoms with Gasteiger partial charge >= 0.3 is 0 Å². The van der Waals surface area contributed by atoms with E-state index in [9.17, 15) is 5.26 Å². The van der Waals surface area contributed by atoms with Gasteiger partial charge in [0.2, 0.25) is 5.82 Å². The minimum Gasteiger partial charge on any atom is -0.490 e. The van der Waals surface area contributed by atoms with E-state index < -0.39 is 0 Å². The quantitative estimate of drug-likeness (QED) is 0.299. The van der Waals surface area contributed by atoms with E-state index in [1.807, 2.05) is 32.0 Å². The van der Waals surface area contributed by atoms with Crippen molar-refractivity contribution in [3.63, 3.8) is 0 Å². The standard InChI is InChI=1S/C27H31N5O3/c1-5-32(6-2)14-15-33-30-24-12-11-21-22(24)8-7-9-23(21)26-29-27(35-31-26)19-10-13-25(34-18(3)4)20(16-19)17-28/h7-10,13,16,18H,5-6,11-12,14-15H2,1-4H3. The van der Waals surface area contributed by atoms with Crippen molar-refractivity contribution in [2.75, 3.05) is 26.2 Å². The van der Waals surface area contributed by atoms with E-state index in [0.29, 0.717) is 35.2 Å². The van der Waals surface area contributed by atoms with Crippen LogP contribution in [0.2, 0.25) is 0 Å². The van der Waals surface area contributed by atoms with Gasteiger partial charge in [0.05, 0.1) is 17.4 Å². The van der Waals surface area contributed by atoms with Crippen LogP contribution in [0.1, 0.15) is 50.8 Å². The van der Waals surface area contributed by atoms with Gasteiger partial charge < -0.3 is 19.0 Å². The molecule has 1 heterocycles. The summed E-state index contributed by atoms with van der Waals surface area (Å²) in [5.41, 5.74) is 5.19. The maximum absolute atomic E-state index is 9.53.